The fourth-order valence-electron chi connectivity index (χ4n) is 2.19. The lowest BCUT2D eigenvalue weighted by molar-refractivity contribution is 0.903. The Morgan fingerprint density at radius 1 is 1.12 bits per heavy atom. The molecule has 0 radical (unpaired) electrons. The summed E-state index contributed by atoms with van der Waals surface area (Å²) in [6, 6.07) is 4.62. The molecule has 2 rings (SSSR count). The van der Waals surface area contributed by atoms with Crippen molar-refractivity contribution in [3.63, 3.8) is 0 Å². The molecule has 0 saturated carbocycles. The van der Waals surface area contributed by atoms with Gasteiger partial charge in [-0.2, -0.15) is 0 Å². The molecule has 1 heterocycles. The molecule has 1 aromatic heterocycles. The highest BCUT2D eigenvalue weighted by Gasteiger charge is 2.07. The predicted octanol–water partition coefficient (Wildman–Crippen LogP) is 5.52. The number of aryl methyl sites for hydroxylation is 4. The second-order valence-corrected chi connectivity index (χ2v) is 4.47. The van der Waals surface area contributed by atoms with Crippen LogP contribution in [0, 0.1) is 13.8 Å². The van der Waals surface area contributed by atoms with Crippen molar-refractivity contribution in [2.45, 2.75) is 33.6 Å². The zero-order valence-electron chi connectivity index (χ0n) is 10.8. The van der Waals surface area contributed by atoms with E-state index in [2.05, 4.69) is 87.9 Å². The molecular formula is C14H19I2N. The maximum atomic E-state index is 2.33. The highest BCUT2D eigenvalue weighted by atomic mass is 128. The fourth-order valence-corrected chi connectivity index (χ4v) is 2.19. The second kappa shape index (κ2) is 6.97. The Bertz CT molecular complexity index is 500. The van der Waals surface area contributed by atoms with Gasteiger partial charge in [0, 0.05) is 61.4 Å². The van der Waals surface area contributed by atoms with Crippen molar-refractivity contribution >= 4 is 48.1 Å². The van der Waals surface area contributed by atoms with Crippen LogP contribution in [-0.4, -0.2) is 4.57 Å². The van der Waals surface area contributed by atoms with Crippen LogP contribution in [0.1, 0.15) is 30.0 Å². The van der Waals surface area contributed by atoms with Gasteiger partial charge in [0.2, 0.25) is 0 Å². The van der Waals surface area contributed by atoms with E-state index in [0.29, 0.717) is 0 Å². The van der Waals surface area contributed by atoms with Gasteiger partial charge < -0.3 is 4.57 Å². The Labute approximate surface area is 127 Å². The van der Waals surface area contributed by atoms with Crippen molar-refractivity contribution in [3.8, 4) is 0 Å². The summed E-state index contributed by atoms with van der Waals surface area (Å²) in [5, 5.41) is 1.43. The van der Waals surface area contributed by atoms with Crippen LogP contribution in [0.15, 0.2) is 18.3 Å². The maximum absolute atomic E-state index is 2.33. The van der Waals surface area contributed by atoms with Crippen LogP contribution in [0.4, 0.5) is 0 Å². The van der Waals surface area contributed by atoms with Gasteiger partial charge in [-0.15, -0.1) is 0 Å². The molecule has 94 valence electrons. The summed E-state index contributed by atoms with van der Waals surface area (Å²) in [6.07, 6.45) is 4.67. The zero-order chi connectivity index (χ0) is 13.0. The summed E-state index contributed by atoms with van der Waals surface area (Å²) in [5.74, 6) is 0. The lowest BCUT2D eigenvalue weighted by Gasteiger charge is -2.02. The van der Waals surface area contributed by atoms with Crippen molar-refractivity contribution in [2.75, 3.05) is 0 Å². The molecule has 1 nitrogen and oxygen atoms in total. The van der Waals surface area contributed by atoms with E-state index in [1.54, 1.807) is 0 Å². The van der Waals surface area contributed by atoms with E-state index in [1.165, 1.54) is 40.4 Å². The number of rotatable bonds is 2. The normalized spacial score (nSPS) is 10.2. The summed E-state index contributed by atoms with van der Waals surface area (Å²) >= 11 is 4.24. The summed E-state index contributed by atoms with van der Waals surface area (Å²) in [5.41, 5.74) is 5.62. The number of hydrogen-bond acceptors (Lipinski definition) is 0. The van der Waals surface area contributed by atoms with E-state index >= 15 is 0 Å². The highest BCUT2D eigenvalue weighted by Crippen LogP contribution is 2.25. The van der Waals surface area contributed by atoms with E-state index in [-0.39, 0.29) is 0 Å². The van der Waals surface area contributed by atoms with Gasteiger partial charge in [0.1, 0.15) is 0 Å². The van der Waals surface area contributed by atoms with E-state index in [1.807, 2.05) is 0 Å². The molecule has 0 aliphatic carbocycles. The van der Waals surface area contributed by atoms with Gasteiger partial charge in [-0.05, 0) is 49.1 Å². The van der Waals surface area contributed by atoms with Crippen LogP contribution >= 0.6 is 37.2 Å². The number of aromatic nitrogens is 1. The minimum atomic E-state index is 1.18. The molecule has 0 amide bonds. The molecule has 17 heavy (non-hydrogen) atoms. The first kappa shape index (κ1) is 15.3. The average molecular weight is 455 g/mol. The summed E-state index contributed by atoms with van der Waals surface area (Å²) in [4.78, 5) is 0. The Balaban J connectivity index is 0.000000686. The van der Waals surface area contributed by atoms with Gasteiger partial charge in [-0.1, -0.05) is 13.3 Å². The first-order chi connectivity index (χ1) is 8.13. The van der Waals surface area contributed by atoms with Crippen LogP contribution in [0.5, 0.6) is 0 Å². The molecule has 0 aliphatic heterocycles. The third-order valence-electron chi connectivity index (χ3n) is 3.21. The lowest BCUT2D eigenvalue weighted by Crippen LogP contribution is -1.86. The minimum Gasteiger partial charge on any atom is -0.350 e. The molecule has 0 N–H and O–H groups in total. The SMILES string of the molecule is CCCc1cn(C)c2cc(C)c(C)cc12.II. The van der Waals surface area contributed by atoms with Crippen LogP contribution < -0.4 is 0 Å². The summed E-state index contributed by atoms with van der Waals surface area (Å²) in [6.45, 7) is 6.61. The molecule has 1 aromatic carbocycles. The first-order valence-electron chi connectivity index (χ1n) is 5.83. The largest absolute Gasteiger partial charge is 0.350 e. The fraction of sp³-hybridized carbons (Fsp3) is 0.429. The second-order valence-electron chi connectivity index (χ2n) is 4.47. The monoisotopic (exact) mass is 455 g/mol. The minimum absolute atomic E-state index is 1.18. The number of nitrogens with zero attached hydrogens (tertiary/aromatic N) is 1. The van der Waals surface area contributed by atoms with Gasteiger partial charge in [0.25, 0.3) is 0 Å². The number of benzene rings is 1. The highest BCUT2D eigenvalue weighted by molar-refractivity contribution is 15.0. The molecule has 0 unspecified atom stereocenters. The van der Waals surface area contributed by atoms with Crippen LogP contribution in [-0.2, 0) is 13.5 Å². The predicted molar refractivity (Wildman–Crippen MR) is 94.4 cm³/mol. The molecule has 0 atom stereocenters. The smallest absolute Gasteiger partial charge is 0.0483 e. The third kappa shape index (κ3) is 3.36. The van der Waals surface area contributed by atoms with E-state index in [4.69, 9.17) is 0 Å². The standard InChI is InChI=1S/C14H19N.I2/c1-5-6-12-9-15(4)14-8-11(3)10(2)7-13(12)14;1-2/h7-9H,5-6H2,1-4H3;. The van der Waals surface area contributed by atoms with Gasteiger partial charge in [-0.25, -0.2) is 0 Å². The molecule has 0 spiro atoms. The van der Waals surface area contributed by atoms with Gasteiger partial charge in [0.15, 0.2) is 0 Å². The van der Waals surface area contributed by atoms with E-state index < -0.39 is 0 Å². The van der Waals surface area contributed by atoms with E-state index in [0.717, 1.165) is 0 Å². The Kier molecular flexibility index (Phi) is 6.26. The Morgan fingerprint density at radius 3 is 2.29 bits per heavy atom. The number of hydrogen-bond donors (Lipinski definition) is 0. The van der Waals surface area contributed by atoms with Gasteiger partial charge >= 0.3 is 0 Å². The molecule has 0 saturated heterocycles. The maximum Gasteiger partial charge on any atom is 0.0483 e. The lowest BCUT2D eigenvalue weighted by atomic mass is 10.0. The van der Waals surface area contributed by atoms with Crippen molar-refractivity contribution < 1.29 is 0 Å². The molecule has 0 aliphatic rings. The average Bonchev–Trinajstić information content (AvgIpc) is 2.61. The molecule has 3 heteroatoms. The van der Waals surface area contributed by atoms with Crippen molar-refractivity contribution in [3.05, 3.63) is 35.0 Å². The summed E-state index contributed by atoms with van der Waals surface area (Å²) in [7, 11) is 2.14. The van der Waals surface area contributed by atoms with Gasteiger partial charge in [0.05, 0.1) is 0 Å². The molecule has 0 fully saturated rings. The number of halogens is 2. The van der Waals surface area contributed by atoms with Gasteiger partial charge in [-0.3, -0.25) is 0 Å². The van der Waals surface area contributed by atoms with Crippen LogP contribution in [0.3, 0.4) is 0 Å². The molecule has 2 aromatic rings. The number of fused-ring (bicyclic) bond motifs is 1. The summed E-state index contributed by atoms with van der Waals surface area (Å²) < 4.78 is 2.24. The van der Waals surface area contributed by atoms with Crippen molar-refractivity contribution in [1.82, 2.24) is 4.57 Å². The van der Waals surface area contributed by atoms with E-state index in [9.17, 15) is 0 Å². The van der Waals surface area contributed by atoms with Crippen molar-refractivity contribution in [1.29, 1.82) is 0 Å². The van der Waals surface area contributed by atoms with Crippen molar-refractivity contribution in [2.24, 2.45) is 7.05 Å². The first-order valence-corrected chi connectivity index (χ1v) is 12.1. The topological polar surface area (TPSA) is 4.93 Å². The third-order valence-corrected chi connectivity index (χ3v) is 3.21. The zero-order valence-corrected chi connectivity index (χ0v) is 15.2. The molecule has 0 bridgehead atoms. The molecular weight excluding hydrogens is 436 g/mol. The Morgan fingerprint density at radius 2 is 1.71 bits per heavy atom. The van der Waals surface area contributed by atoms with Crippen LogP contribution in [0.2, 0.25) is 0 Å². The quantitative estimate of drug-likeness (QED) is 0.526. The van der Waals surface area contributed by atoms with Crippen LogP contribution in [0.25, 0.3) is 10.9 Å². The Hall–Kier alpha value is 0.220.